The summed E-state index contributed by atoms with van der Waals surface area (Å²) in [6, 6.07) is 15.1. The maximum absolute atomic E-state index is 12.5. The molecule has 1 atom stereocenters. The van der Waals surface area contributed by atoms with Crippen molar-refractivity contribution in [2.45, 2.75) is 38.7 Å². The van der Waals surface area contributed by atoms with Gasteiger partial charge in [-0.3, -0.25) is 9.59 Å². The summed E-state index contributed by atoms with van der Waals surface area (Å²) in [6.45, 7) is 6.78. The van der Waals surface area contributed by atoms with E-state index < -0.39 is 6.10 Å². The van der Waals surface area contributed by atoms with Gasteiger partial charge in [-0.2, -0.15) is 0 Å². The molecule has 2 aromatic rings. The van der Waals surface area contributed by atoms with E-state index in [4.69, 9.17) is 4.74 Å². The van der Waals surface area contributed by atoms with E-state index in [9.17, 15) is 9.59 Å². The monoisotopic (exact) mass is 366 g/mol. The second-order valence-electron chi connectivity index (χ2n) is 7.84. The van der Waals surface area contributed by atoms with Gasteiger partial charge in [0.15, 0.2) is 6.10 Å². The van der Waals surface area contributed by atoms with E-state index in [0.29, 0.717) is 24.3 Å². The summed E-state index contributed by atoms with van der Waals surface area (Å²) in [5, 5.41) is 2.87. The summed E-state index contributed by atoms with van der Waals surface area (Å²) in [4.78, 5) is 26.4. The van der Waals surface area contributed by atoms with Crippen LogP contribution in [-0.4, -0.2) is 31.5 Å². The van der Waals surface area contributed by atoms with Gasteiger partial charge >= 0.3 is 0 Å². The lowest BCUT2D eigenvalue weighted by Gasteiger charge is -2.31. The van der Waals surface area contributed by atoms with E-state index in [1.54, 1.807) is 11.9 Å². The molecule has 2 aromatic carbocycles. The largest absolute Gasteiger partial charge is 0.478 e. The van der Waals surface area contributed by atoms with Gasteiger partial charge in [0.1, 0.15) is 5.75 Å². The van der Waals surface area contributed by atoms with Gasteiger partial charge in [-0.1, -0.05) is 45.0 Å². The van der Waals surface area contributed by atoms with Gasteiger partial charge in [0.05, 0.1) is 5.69 Å². The summed E-state index contributed by atoms with van der Waals surface area (Å²) in [5.74, 6) is 0.443. The van der Waals surface area contributed by atoms with Gasteiger partial charge in [0.2, 0.25) is 0 Å². The average Bonchev–Trinajstić information content (AvgIpc) is 2.65. The van der Waals surface area contributed by atoms with Gasteiger partial charge < -0.3 is 15.0 Å². The number of ether oxygens (including phenoxy) is 1. The predicted octanol–water partition coefficient (Wildman–Crippen LogP) is 3.53. The zero-order valence-electron chi connectivity index (χ0n) is 16.3. The number of hydrogen-bond donors (Lipinski definition) is 1. The van der Waals surface area contributed by atoms with Crippen LogP contribution in [0.15, 0.2) is 48.5 Å². The molecule has 1 aliphatic rings. The molecule has 27 heavy (non-hydrogen) atoms. The van der Waals surface area contributed by atoms with Crippen LogP contribution < -0.4 is 15.0 Å². The van der Waals surface area contributed by atoms with Crippen LogP contribution in [0.5, 0.6) is 5.75 Å². The molecule has 0 saturated heterocycles. The van der Waals surface area contributed by atoms with Crippen molar-refractivity contribution in [3.63, 3.8) is 0 Å². The molecular weight excluding hydrogens is 340 g/mol. The lowest BCUT2D eigenvalue weighted by atomic mass is 9.87. The first-order valence-electron chi connectivity index (χ1n) is 9.19. The fourth-order valence-electron chi connectivity index (χ4n) is 3.10. The lowest BCUT2D eigenvalue weighted by molar-refractivity contribution is -0.126. The van der Waals surface area contributed by atoms with Gasteiger partial charge in [-0.15, -0.1) is 0 Å². The number of nitrogens with zero attached hydrogens (tertiary/aromatic N) is 1. The minimum absolute atomic E-state index is 0.0516. The average molecular weight is 366 g/mol. The highest BCUT2D eigenvalue weighted by Crippen LogP contribution is 2.33. The molecular formula is C22H26N2O3. The SMILES string of the molecule is CN1C(=O)C(CCNC(=O)c2ccc(C(C)(C)C)cc2)Oc2ccccc21. The number of carbonyl (C=O) groups is 2. The number of amides is 2. The fourth-order valence-corrected chi connectivity index (χ4v) is 3.10. The molecule has 142 valence electrons. The normalized spacial score (nSPS) is 16.5. The van der Waals surface area contributed by atoms with E-state index in [1.807, 2.05) is 48.5 Å². The van der Waals surface area contributed by atoms with Crippen LogP contribution in [0.1, 0.15) is 43.1 Å². The quantitative estimate of drug-likeness (QED) is 0.901. The van der Waals surface area contributed by atoms with Crippen molar-refractivity contribution >= 4 is 17.5 Å². The number of rotatable bonds is 4. The van der Waals surface area contributed by atoms with Gasteiger partial charge in [0.25, 0.3) is 11.8 Å². The van der Waals surface area contributed by atoms with Crippen LogP contribution in [0.4, 0.5) is 5.69 Å². The van der Waals surface area contributed by atoms with Crippen LogP contribution in [0.2, 0.25) is 0 Å². The molecule has 1 unspecified atom stereocenters. The number of likely N-dealkylation sites (N-methyl/N-ethyl adjacent to an activating group) is 1. The van der Waals surface area contributed by atoms with Crippen molar-refractivity contribution in [3.8, 4) is 5.75 Å². The number of hydrogen-bond acceptors (Lipinski definition) is 3. The van der Waals surface area contributed by atoms with Crippen LogP contribution in [-0.2, 0) is 10.2 Å². The molecule has 1 heterocycles. The van der Waals surface area contributed by atoms with Gasteiger partial charge in [-0.25, -0.2) is 0 Å². The third-order valence-electron chi connectivity index (χ3n) is 4.81. The lowest BCUT2D eigenvalue weighted by Crippen LogP contribution is -2.45. The van der Waals surface area contributed by atoms with Crippen molar-refractivity contribution in [1.82, 2.24) is 5.32 Å². The molecule has 0 fully saturated rings. The topological polar surface area (TPSA) is 58.6 Å². The van der Waals surface area contributed by atoms with Crippen molar-refractivity contribution < 1.29 is 14.3 Å². The molecule has 0 spiro atoms. The second kappa shape index (κ2) is 7.43. The zero-order valence-corrected chi connectivity index (χ0v) is 16.3. The second-order valence-corrected chi connectivity index (χ2v) is 7.84. The molecule has 0 aliphatic carbocycles. The third-order valence-corrected chi connectivity index (χ3v) is 4.81. The van der Waals surface area contributed by atoms with Crippen LogP contribution >= 0.6 is 0 Å². The Morgan fingerprint density at radius 3 is 2.44 bits per heavy atom. The maximum atomic E-state index is 12.5. The molecule has 1 N–H and O–H groups in total. The highest BCUT2D eigenvalue weighted by molar-refractivity contribution is 5.99. The predicted molar refractivity (Wildman–Crippen MR) is 106 cm³/mol. The fraction of sp³-hybridized carbons (Fsp3) is 0.364. The van der Waals surface area contributed by atoms with Gasteiger partial charge in [0, 0.05) is 25.6 Å². The first kappa shape index (κ1) is 19.0. The summed E-state index contributed by atoms with van der Waals surface area (Å²) in [5.41, 5.74) is 2.61. The summed E-state index contributed by atoms with van der Waals surface area (Å²) >= 11 is 0. The molecule has 0 aromatic heterocycles. The number of fused-ring (bicyclic) bond motifs is 1. The molecule has 2 amide bonds. The molecule has 1 aliphatic heterocycles. The van der Waals surface area contributed by atoms with E-state index in [2.05, 4.69) is 26.1 Å². The van der Waals surface area contributed by atoms with Gasteiger partial charge in [-0.05, 0) is 35.2 Å². The number of benzene rings is 2. The highest BCUT2D eigenvalue weighted by atomic mass is 16.5. The summed E-state index contributed by atoms with van der Waals surface area (Å²) in [6.07, 6.45) is -0.169. The smallest absolute Gasteiger partial charge is 0.267 e. The maximum Gasteiger partial charge on any atom is 0.267 e. The number of para-hydroxylation sites is 2. The van der Waals surface area contributed by atoms with Crippen LogP contribution in [0.25, 0.3) is 0 Å². The Balaban J connectivity index is 1.57. The van der Waals surface area contributed by atoms with E-state index in [1.165, 1.54) is 5.56 Å². The minimum atomic E-state index is -0.589. The molecule has 5 heteroatoms. The Hall–Kier alpha value is -2.82. The number of anilines is 1. The minimum Gasteiger partial charge on any atom is -0.478 e. The Bertz CT molecular complexity index is 837. The number of carbonyl (C=O) groups excluding carboxylic acids is 2. The highest BCUT2D eigenvalue weighted by Gasteiger charge is 2.31. The first-order chi connectivity index (χ1) is 12.8. The van der Waals surface area contributed by atoms with Crippen LogP contribution in [0.3, 0.4) is 0 Å². The number of nitrogens with one attached hydrogen (secondary N) is 1. The van der Waals surface area contributed by atoms with E-state index in [-0.39, 0.29) is 17.2 Å². The molecule has 0 saturated carbocycles. The Morgan fingerprint density at radius 2 is 1.78 bits per heavy atom. The van der Waals surface area contributed by atoms with E-state index >= 15 is 0 Å². The molecule has 5 nitrogen and oxygen atoms in total. The third kappa shape index (κ3) is 4.13. The van der Waals surface area contributed by atoms with E-state index in [0.717, 1.165) is 5.69 Å². The molecule has 0 radical (unpaired) electrons. The molecule has 0 bridgehead atoms. The van der Waals surface area contributed by atoms with Crippen molar-refractivity contribution in [3.05, 3.63) is 59.7 Å². The Kier molecular flexibility index (Phi) is 5.22. The van der Waals surface area contributed by atoms with Crippen molar-refractivity contribution in [2.24, 2.45) is 0 Å². The Labute approximate surface area is 160 Å². The first-order valence-corrected chi connectivity index (χ1v) is 9.19. The molecule has 3 rings (SSSR count). The van der Waals surface area contributed by atoms with Crippen LogP contribution in [0, 0.1) is 0 Å². The standard InChI is InChI=1S/C22H26N2O3/c1-22(2,3)16-11-9-15(10-12-16)20(25)23-14-13-19-21(26)24(4)17-7-5-6-8-18(17)27-19/h5-12,19H,13-14H2,1-4H3,(H,23,25). The Morgan fingerprint density at radius 1 is 1.11 bits per heavy atom. The summed E-state index contributed by atoms with van der Waals surface area (Å²) in [7, 11) is 1.74. The summed E-state index contributed by atoms with van der Waals surface area (Å²) < 4.78 is 5.81. The van der Waals surface area contributed by atoms with Crippen molar-refractivity contribution in [2.75, 3.05) is 18.5 Å². The van der Waals surface area contributed by atoms with Crippen molar-refractivity contribution in [1.29, 1.82) is 0 Å². The zero-order chi connectivity index (χ0) is 19.6.